The van der Waals surface area contributed by atoms with E-state index in [9.17, 15) is 4.79 Å². The zero-order valence-electron chi connectivity index (χ0n) is 7.36. The van der Waals surface area contributed by atoms with Gasteiger partial charge in [-0.2, -0.15) is 0 Å². The predicted molar refractivity (Wildman–Crippen MR) is 45.8 cm³/mol. The maximum absolute atomic E-state index is 10.7. The van der Waals surface area contributed by atoms with Crippen LogP contribution < -0.4 is 5.32 Å². The van der Waals surface area contributed by atoms with Crippen LogP contribution >= 0.6 is 0 Å². The molecule has 1 rings (SSSR count). The molecule has 1 heterocycles. The van der Waals surface area contributed by atoms with Crippen molar-refractivity contribution < 1.29 is 9.53 Å². The van der Waals surface area contributed by atoms with Gasteiger partial charge in [0.1, 0.15) is 5.82 Å². The molecule has 0 atom stereocenters. The molecule has 1 N–H and O–H groups in total. The van der Waals surface area contributed by atoms with Gasteiger partial charge in [0.2, 0.25) is 0 Å². The first-order chi connectivity index (χ1) is 6.33. The molecule has 0 saturated heterocycles. The van der Waals surface area contributed by atoms with E-state index in [4.69, 9.17) is 0 Å². The Bertz CT molecular complexity index is 263. The number of aromatic nitrogens is 2. The number of hydrogen-bond donors (Lipinski definition) is 1. The number of esters is 1. The van der Waals surface area contributed by atoms with E-state index >= 15 is 0 Å². The molecule has 0 amide bonds. The average molecular weight is 181 g/mol. The molecular weight excluding hydrogens is 170 g/mol. The lowest BCUT2D eigenvalue weighted by atomic mass is 10.5. The highest BCUT2D eigenvalue weighted by atomic mass is 16.5. The summed E-state index contributed by atoms with van der Waals surface area (Å²) in [5.41, 5.74) is 0. The highest BCUT2D eigenvalue weighted by molar-refractivity contribution is 5.71. The molecular formula is C8H11N3O2. The van der Waals surface area contributed by atoms with Crippen molar-refractivity contribution in [1.82, 2.24) is 15.3 Å². The van der Waals surface area contributed by atoms with E-state index in [-0.39, 0.29) is 12.5 Å². The molecule has 0 aromatic carbocycles. The van der Waals surface area contributed by atoms with Crippen molar-refractivity contribution in [3.8, 4) is 0 Å². The lowest BCUT2D eigenvalue weighted by molar-refractivity contribution is -0.139. The maximum atomic E-state index is 10.7. The van der Waals surface area contributed by atoms with Crippen molar-refractivity contribution in [2.45, 2.75) is 6.54 Å². The first kappa shape index (κ1) is 9.60. The number of carbonyl (C=O) groups excluding carboxylic acids is 1. The van der Waals surface area contributed by atoms with Gasteiger partial charge in [0.15, 0.2) is 0 Å². The fraction of sp³-hybridized carbons (Fsp3) is 0.375. The summed E-state index contributed by atoms with van der Waals surface area (Å²) in [5, 5.41) is 2.85. The van der Waals surface area contributed by atoms with Crippen molar-refractivity contribution in [1.29, 1.82) is 0 Å². The zero-order chi connectivity index (χ0) is 9.52. The summed E-state index contributed by atoms with van der Waals surface area (Å²) in [7, 11) is 1.35. The molecule has 0 unspecified atom stereocenters. The number of nitrogens with zero attached hydrogens (tertiary/aromatic N) is 2. The lowest BCUT2D eigenvalue weighted by Gasteiger charge is -2.00. The summed E-state index contributed by atoms with van der Waals surface area (Å²) < 4.78 is 4.45. The Morgan fingerprint density at radius 2 is 2.23 bits per heavy atom. The number of rotatable bonds is 4. The van der Waals surface area contributed by atoms with E-state index in [2.05, 4.69) is 20.0 Å². The molecule has 0 aliphatic heterocycles. The summed E-state index contributed by atoms with van der Waals surface area (Å²) in [6.07, 6.45) is 3.31. The van der Waals surface area contributed by atoms with Crippen LogP contribution in [0.3, 0.4) is 0 Å². The second-order valence-corrected chi connectivity index (χ2v) is 2.34. The van der Waals surface area contributed by atoms with Gasteiger partial charge in [-0.1, -0.05) is 0 Å². The van der Waals surface area contributed by atoms with E-state index in [1.807, 2.05) is 0 Å². The standard InChI is InChI=1S/C8H11N3O2/c1-13-8(12)6-9-5-7-10-3-2-4-11-7/h2-4,9H,5-6H2,1H3. The number of nitrogens with one attached hydrogen (secondary N) is 1. The summed E-state index contributed by atoms with van der Waals surface area (Å²) in [6, 6.07) is 1.74. The summed E-state index contributed by atoms with van der Waals surface area (Å²) in [6.45, 7) is 0.644. The predicted octanol–water partition coefficient (Wildman–Crippen LogP) is -0.261. The van der Waals surface area contributed by atoms with Gasteiger partial charge in [0, 0.05) is 12.4 Å². The van der Waals surface area contributed by atoms with Crippen molar-refractivity contribution >= 4 is 5.97 Å². The molecule has 0 radical (unpaired) electrons. The summed E-state index contributed by atoms with van der Waals surface area (Å²) in [5.74, 6) is 0.363. The molecule has 0 fully saturated rings. The molecule has 0 bridgehead atoms. The van der Waals surface area contributed by atoms with Gasteiger partial charge in [-0.3, -0.25) is 10.1 Å². The Labute approximate surface area is 76.2 Å². The Hall–Kier alpha value is -1.49. The van der Waals surface area contributed by atoms with Crippen LogP contribution in [-0.4, -0.2) is 29.6 Å². The number of methoxy groups -OCH3 is 1. The third kappa shape index (κ3) is 3.62. The fourth-order valence-corrected chi connectivity index (χ4v) is 0.770. The van der Waals surface area contributed by atoms with Gasteiger partial charge >= 0.3 is 5.97 Å². The van der Waals surface area contributed by atoms with Crippen LogP contribution in [0.2, 0.25) is 0 Å². The largest absolute Gasteiger partial charge is 0.468 e. The molecule has 0 aliphatic carbocycles. The van der Waals surface area contributed by atoms with E-state index in [0.29, 0.717) is 12.4 Å². The first-order valence-electron chi connectivity index (χ1n) is 3.86. The van der Waals surface area contributed by atoms with Crippen molar-refractivity contribution in [2.24, 2.45) is 0 Å². The third-order valence-corrected chi connectivity index (χ3v) is 1.40. The van der Waals surface area contributed by atoms with Gasteiger partial charge in [-0.15, -0.1) is 0 Å². The molecule has 0 saturated carbocycles. The van der Waals surface area contributed by atoms with Crippen molar-refractivity contribution in [3.05, 3.63) is 24.3 Å². The van der Waals surface area contributed by atoms with Crippen LogP contribution in [0.5, 0.6) is 0 Å². The first-order valence-corrected chi connectivity index (χ1v) is 3.86. The van der Waals surface area contributed by atoms with E-state index in [0.717, 1.165) is 0 Å². The summed E-state index contributed by atoms with van der Waals surface area (Å²) in [4.78, 5) is 18.6. The van der Waals surface area contributed by atoms with Crippen LogP contribution in [-0.2, 0) is 16.1 Å². The second-order valence-electron chi connectivity index (χ2n) is 2.34. The van der Waals surface area contributed by atoms with Gasteiger partial charge in [-0.05, 0) is 6.07 Å². The molecule has 0 spiro atoms. The number of carbonyl (C=O) groups is 1. The minimum atomic E-state index is -0.295. The minimum Gasteiger partial charge on any atom is -0.468 e. The van der Waals surface area contributed by atoms with Crippen LogP contribution in [0, 0.1) is 0 Å². The van der Waals surface area contributed by atoms with Crippen molar-refractivity contribution in [2.75, 3.05) is 13.7 Å². The molecule has 70 valence electrons. The second kappa shape index (κ2) is 5.21. The fourth-order valence-electron chi connectivity index (χ4n) is 0.770. The monoisotopic (exact) mass is 181 g/mol. The Balaban J connectivity index is 2.24. The van der Waals surface area contributed by atoms with Gasteiger partial charge in [-0.25, -0.2) is 9.97 Å². The highest BCUT2D eigenvalue weighted by Crippen LogP contribution is 1.85. The molecule has 5 heteroatoms. The summed E-state index contributed by atoms with van der Waals surface area (Å²) >= 11 is 0. The topological polar surface area (TPSA) is 64.1 Å². The average Bonchev–Trinajstić information content (AvgIpc) is 2.19. The SMILES string of the molecule is COC(=O)CNCc1ncccn1. The van der Waals surface area contributed by atoms with Crippen LogP contribution in [0.1, 0.15) is 5.82 Å². The third-order valence-electron chi connectivity index (χ3n) is 1.40. The molecule has 13 heavy (non-hydrogen) atoms. The maximum Gasteiger partial charge on any atom is 0.319 e. The smallest absolute Gasteiger partial charge is 0.319 e. The zero-order valence-corrected chi connectivity index (χ0v) is 7.36. The quantitative estimate of drug-likeness (QED) is 0.648. The van der Waals surface area contributed by atoms with Crippen molar-refractivity contribution in [3.63, 3.8) is 0 Å². The number of hydrogen-bond acceptors (Lipinski definition) is 5. The molecule has 1 aromatic rings. The Kier molecular flexibility index (Phi) is 3.84. The Morgan fingerprint density at radius 3 is 2.85 bits per heavy atom. The van der Waals surface area contributed by atoms with E-state index < -0.39 is 0 Å². The molecule has 0 aliphatic rings. The highest BCUT2D eigenvalue weighted by Gasteiger charge is 1.99. The van der Waals surface area contributed by atoms with Gasteiger partial charge in [0.25, 0.3) is 0 Å². The van der Waals surface area contributed by atoms with E-state index in [1.54, 1.807) is 18.5 Å². The van der Waals surface area contributed by atoms with Gasteiger partial charge < -0.3 is 4.74 Å². The van der Waals surface area contributed by atoms with Crippen LogP contribution in [0.15, 0.2) is 18.5 Å². The number of ether oxygens (including phenoxy) is 1. The lowest BCUT2D eigenvalue weighted by Crippen LogP contribution is -2.24. The normalized spacial score (nSPS) is 9.62. The van der Waals surface area contributed by atoms with Crippen LogP contribution in [0.25, 0.3) is 0 Å². The molecule has 1 aromatic heterocycles. The van der Waals surface area contributed by atoms with Crippen LogP contribution in [0.4, 0.5) is 0 Å². The molecule has 5 nitrogen and oxygen atoms in total. The minimum absolute atomic E-state index is 0.175. The van der Waals surface area contributed by atoms with E-state index in [1.165, 1.54) is 7.11 Å². The Morgan fingerprint density at radius 1 is 1.54 bits per heavy atom. The van der Waals surface area contributed by atoms with Gasteiger partial charge in [0.05, 0.1) is 20.2 Å².